The number of hydrogen-bond acceptors (Lipinski definition) is 4. The van der Waals surface area contributed by atoms with Gasteiger partial charge in [-0.1, -0.05) is 0 Å². The summed E-state index contributed by atoms with van der Waals surface area (Å²) in [7, 11) is 2.02. The van der Waals surface area contributed by atoms with Gasteiger partial charge in [-0.25, -0.2) is 4.98 Å². The van der Waals surface area contributed by atoms with E-state index in [1.165, 1.54) is 6.20 Å². The molecule has 1 aromatic rings. The number of aliphatic hydroxyl groups excluding tert-OH is 1. The second kappa shape index (κ2) is 5.94. The average Bonchev–Trinajstić information content (AvgIpc) is 2.51. The molecule has 2 saturated heterocycles. The summed E-state index contributed by atoms with van der Waals surface area (Å²) in [4.78, 5) is 8.21. The Morgan fingerprint density at radius 2 is 2.09 bits per heavy atom. The first-order chi connectivity index (χ1) is 10.8. The number of likely N-dealkylation sites (tertiary alicyclic amines) is 1. The van der Waals surface area contributed by atoms with Crippen molar-refractivity contribution in [3.05, 3.63) is 23.9 Å². The molecule has 0 radical (unpaired) electrons. The molecular weight excluding hydrogens is 307 g/mol. The zero-order valence-corrected chi connectivity index (χ0v) is 13.2. The number of alkyl halides is 3. The van der Waals surface area contributed by atoms with E-state index < -0.39 is 17.8 Å². The van der Waals surface area contributed by atoms with Gasteiger partial charge in [0.1, 0.15) is 5.82 Å². The largest absolute Gasteiger partial charge is 0.416 e. The highest BCUT2D eigenvalue weighted by Gasteiger charge is 2.45. The zero-order valence-electron chi connectivity index (χ0n) is 13.2. The van der Waals surface area contributed by atoms with Crippen LogP contribution in [0.1, 0.15) is 24.8 Å². The van der Waals surface area contributed by atoms with Gasteiger partial charge in [0.05, 0.1) is 11.7 Å². The number of halogens is 3. The lowest BCUT2D eigenvalue weighted by Gasteiger charge is -2.50. The second-order valence-electron chi connectivity index (χ2n) is 6.83. The summed E-state index contributed by atoms with van der Waals surface area (Å²) in [5.41, 5.74) is -0.954. The summed E-state index contributed by atoms with van der Waals surface area (Å²) in [6, 6.07) is 2.10. The minimum atomic E-state index is -4.37. The summed E-state index contributed by atoms with van der Waals surface area (Å²) in [6.07, 6.45) is -1.11. The van der Waals surface area contributed by atoms with Crippen molar-refractivity contribution < 1.29 is 18.3 Å². The minimum absolute atomic E-state index is 0.277. The van der Waals surface area contributed by atoms with Gasteiger partial charge in [-0.05, 0) is 38.4 Å². The van der Waals surface area contributed by atoms with Crippen LogP contribution in [0.15, 0.2) is 18.3 Å². The number of rotatable bonds is 1. The van der Waals surface area contributed by atoms with Gasteiger partial charge in [0.25, 0.3) is 0 Å². The normalized spacial score (nSPS) is 30.0. The van der Waals surface area contributed by atoms with E-state index in [9.17, 15) is 18.3 Å². The molecule has 128 valence electrons. The molecule has 4 nitrogen and oxygen atoms in total. The first-order valence-electron chi connectivity index (χ1n) is 7.95. The van der Waals surface area contributed by atoms with E-state index in [2.05, 4.69) is 9.88 Å². The van der Waals surface area contributed by atoms with E-state index in [1.54, 1.807) is 0 Å². The van der Waals surface area contributed by atoms with Gasteiger partial charge >= 0.3 is 6.18 Å². The van der Waals surface area contributed by atoms with Crippen LogP contribution in [0.2, 0.25) is 0 Å². The van der Waals surface area contributed by atoms with Gasteiger partial charge in [0.2, 0.25) is 0 Å². The second-order valence-corrected chi connectivity index (χ2v) is 6.83. The molecule has 1 N–H and O–H groups in total. The van der Waals surface area contributed by atoms with Crippen molar-refractivity contribution in [1.29, 1.82) is 0 Å². The van der Waals surface area contributed by atoms with Gasteiger partial charge in [-0.2, -0.15) is 13.2 Å². The lowest BCUT2D eigenvalue weighted by molar-refractivity contribution is -0.137. The van der Waals surface area contributed by atoms with Crippen LogP contribution in [0.5, 0.6) is 0 Å². The predicted molar refractivity (Wildman–Crippen MR) is 81.2 cm³/mol. The Labute approximate surface area is 133 Å². The highest BCUT2D eigenvalue weighted by molar-refractivity contribution is 5.43. The van der Waals surface area contributed by atoms with E-state index in [4.69, 9.17) is 0 Å². The van der Waals surface area contributed by atoms with Crippen LogP contribution in [0.4, 0.5) is 19.0 Å². The van der Waals surface area contributed by atoms with Crippen LogP contribution in [0.3, 0.4) is 0 Å². The van der Waals surface area contributed by atoms with Gasteiger partial charge in [-0.15, -0.1) is 0 Å². The summed E-state index contributed by atoms with van der Waals surface area (Å²) < 4.78 is 38.7. The maximum absolute atomic E-state index is 12.9. The summed E-state index contributed by atoms with van der Waals surface area (Å²) >= 11 is 0. The monoisotopic (exact) mass is 329 g/mol. The molecule has 3 heterocycles. The molecule has 0 unspecified atom stereocenters. The highest BCUT2D eigenvalue weighted by atomic mass is 19.4. The number of nitrogens with zero attached hydrogens (tertiary/aromatic N) is 3. The van der Waals surface area contributed by atoms with Crippen LogP contribution in [0, 0.1) is 5.41 Å². The van der Waals surface area contributed by atoms with Crippen molar-refractivity contribution in [3.8, 4) is 0 Å². The average molecular weight is 329 g/mol. The van der Waals surface area contributed by atoms with Crippen LogP contribution in [-0.2, 0) is 6.18 Å². The van der Waals surface area contributed by atoms with Crippen molar-refractivity contribution in [2.24, 2.45) is 5.41 Å². The maximum atomic E-state index is 12.9. The maximum Gasteiger partial charge on any atom is 0.416 e. The quantitative estimate of drug-likeness (QED) is 0.859. The van der Waals surface area contributed by atoms with Gasteiger partial charge in [0.15, 0.2) is 0 Å². The van der Waals surface area contributed by atoms with Crippen molar-refractivity contribution in [3.63, 3.8) is 0 Å². The third-order valence-corrected chi connectivity index (χ3v) is 5.08. The van der Waals surface area contributed by atoms with E-state index in [1.807, 2.05) is 11.9 Å². The molecule has 2 aliphatic rings. The third-order valence-electron chi connectivity index (χ3n) is 5.08. The molecule has 0 saturated carbocycles. The molecule has 2 fully saturated rings. The minimum Gasteiger partial charge on any atom is -0.392 e. The predicted octanol–water partition coefficient (Wildman–Crippen LogP) is 2.38. The van der Waals surface area contributed by atoms with E-state index in [-0.39, 0.29) is 5.41 Å². The number of aliphatic hydroxyl groups is 1. The van der Waals surface area contributed by atoms with Crippen molar-refractivity contribution in [2.75, 3.05) is 38.1 Å². The fraction of sp³-hybridized carbons (Fsp3) is 0.688. The van der Waals surface area contributed by atoms with Crippen molar-refractivity contribution >= 4 is 5.82 Å². The van der Waals surface area contributed by atoms with Gasteiger partial charge in [-0.3, -0.25) is 0 Å². The zero-order chi connectivity index (χ0) is 16.7. The molecule has 2 atom stereocenters. The topological polar surface area (TPSA) is 39.6 Å². The summed E-state index contributed by atoms with van der Waals surface area (Å²) in [6.45, 7) is 2.84. The third kappa shape index (κ3) is 3.30. The molecule has 1 spiro atoms. The number of anilines is 1. The number of hydrogen-bond donors (Lipinski definition) is 1. The fourth-order valence-electron chi connectivity index (χ4n) is 3.90. The SMILES string of the molecule is CN1CC[C@H](O)[C@@]2(CCCN(c3cc(C(F)(F)F)ccn3)C2)C1. The van der Waals surface area contributed by atoms with Crippen LogP contribution in [-0.4, -0.2) is 54.3 Å². The standard InChI is InChI=1S/C16H22F3N3O/c1-21-8-4-13(23)15(10-21)5-2-7-22(11-15)14-9-12(3-6-20-14)16(17,18)19/h3,6,9,13,23H,2,4-5,7-8,10-11H2,1H3/t13-,15-/m0/s1. The van der Waals surface area contributed by atoms with Crippen molar-refractivity contribution in [2.45, 2.75) is 31.5 Å². The Morgan fingerprint density at radius 1 is 1.30 bits per heavy atom. The Kier molecular flexibility index (Phi) is 4.27. The first kappa shape index (κ1) is 16.5. The lowest BCUT2D eigenvalue weighted by atomic mass is 9.71. The number of aromatic nitrogens is 1. The van der Waals surface area contributed by atoms with Crippen molar-refractivity contribution in [1.82, 2.24) is 9.88 Å². The molecule has 0 aromatic carbocycles. The molecule has 0 aliphatic carbocycles. The highest BCUT2D eigenvalue weighted by Crippen LogP contribution is 2.40. The molecule has 1 aromatic heterocycles. The molecule has 23 heavy (non-hydrogen) atoms. The molecular formula is C16H22F3N3O. The van der Waals surface area contributed by atoms with Crippen LogP contribution < -0.4 is 4.90 Å². The molecule has 7 heteroatoms. The molecule has 2 aliphatic heterocycles. The van der Waals surface area contributed by atoms with Gasteiger partial charge < -0.3 is 14.9 Å². The van der Waals surface area contributed by atoms with E-state index in [0.29, 0.717) is 25.3 Å². The smallest absolute Gasteiger partial charge is 0.392 e. The van der Waals surface area contributed by atoms with Crippen LogP contribution >= 0.6 is 0 Å². The Hall–Kier alpha value is -1.34. The summed E-state index contributed by atoms with van der Waals surface area (Å²) in [5.74, 6) is 0.347. The Morgan fingerprint density at radius 3 is 2.83 bits per heavy atom. The van der Waals surface area contributed by atoms with Crippen LogP contribution in [0.25, 0.3) is 0 Å². The molecule has 0 amide bonds. The fourth-order valence-corrected chi connectivity index (χ4v) is 3.90. The van der Waals surface area contributed by atoms with Gasteiger partial charge in [0, 0.05) is 37.8 Å². The van der Waals surface area contributed by atoms with E-state index in [0.717, 1.165) is 38.1 Å². The lowest BCUT2D eigenvalue weighted by Crippen LogP contribution is -2.58. The Bertz CT molecular complexity index is 566. The molecule has 3 rings (SSSR count). The Balaban J connectivity index is 1.84. The number of piperidine rings is 2. The first-order valence-corrected chi connectivity index (χ1v) is 7.95. The number of pyridine rings is 1. The van der Waals surface area contributed by atoms with E-state index >= 15 is 0 Å². The molecule has 0 bridgehead atoms. The summed E-state index contributed by atoms with van der Waals surface area (Å²) in [5, 5.41) is 10.5.